The minimum absolute atomic E-state index is 0.125. The van der Waals surface area contributed by atoms with Crippen LogP contribution in [0.5, 0.6) is 0 Å². The molecule has 4 fully saturated rings. The van der Waals surface area contributed by atoms with E-state index in [2.05, 4.69) is 0 Å². The summed E-state index contributed by atoms with van der Waals surface area (Å²) < 4.78 is 17.7. The predicted octanol–water partition coefficient (Wildman–Crippen LogP) is 0.673. The van der Waals surface area contributed by atoms with Crippen molar-refractivity contribution in [3.05, 3.63) is 0 Å². The number of aliphatic hydroxyl groups is 2. The van der Waals surface area contributed by atoms with Crippen molar-refractivity contribution in [3.8, 4) is 0 Å². The molecule has 102 valence electrons. The summed E-state index contributed by atoms with van der Waals surface area (Å²) in [6.07, 6.45) is 4.67. The topological polar surface area (TPSA) is 68.2 Å². The molecule has 18 heavy (non-hydrogen) atoms. The number of hydrogen-bond acceptors (Lipinski definition) is 5. The first kappa shape index (κ1) is 11.6. The highest BCUT2D eigenvalue weighted by Gasteiger charge is 2.62. The van der Waals surface area contributed by atoms with Crippen molar-refractivity contribution in [3.63, 3.8) is 0 Å². The van der Waals surface area contributed by atoms with E-state index < -0.39 is 17.7 Å². The lowest BCUT2D eigenvalue weighted by atomic mass is 9.82. The molecule has 2 saturated carbocycles. The molecule has 5 nitrogen and oxygen atoms in total. The average Bonchev–Trinajstić information content (AvgIpc) is 2.79. The van der Waals surface area contributed by atoms with Crippen LogP contribution in [0.3, 0.4) is 0 Å². The Labute approximate surface area is 106 Å². The summed E-state index contributed by atoms with van der Waals surface area (Å²) in [5.41, 5.74) is -1.14. The van der Waals surface area contributed by atoms with Gasteiger partial charge in [0.15, 0.2) is 12.1 Å². The van der Waals surface area contributed by atoms with Crippen molar-refractivity contribution in [1.29, 1.82) is 0 Å². The quantitative estimate of drug-likeness (QED) is 0.667. The molecule has 0 amide bonds. The van der Waals surface area contributed by atoms with E-state index in [0.717, 1.165) is 25.7 Å². The van der Waals surface area contributed by atoms with Gasteiger partial charge in [-0.15, -0.1) is 0 Å². The lowest BCUT2D eigenvalue weighted by Gasteiger charge is -2.33. The van der Waals surface area contributed by atoms with Crippen LogP contribution in [0, 0.1) is 0 Å². The lowest BCUT2D eigenvalue weighted by molar-refractivity contribution is -0.221. The first-order chi connectivity index (χ1) is 8.60. The molecule has 2 bridgehead atoms. The molecule has 0 radical (unpaired) electrons. The Morgan fingerprint density at radius 1 is 0.944 bits per heavy atom. The molecule has 2 aliphatic heterocycles. The van der Waals surface area contributed by atoms with E-state index in [0.29, 0.717) is 12.8 Å². The monoisotopic (exact) mass is 256 g/mol. The fraction of sp³-hybridized carbons (Fsp3) is 1.00. The van der Waals surface area contributed by atoms with Gasteiger partial charge in [0, 0.05) is 25.7 Å². The normalized spacial score (nSPS) is 53.7. The second-order valence-corrected chi connectivity index (χ2v) is 6.25. The van der Waals surface area contributed by atoms with Gasteiger partial charge in [-0.1, -0.05) is 6.42 Å². The molecule has 5 atom stereocenters. The molecule has 0 aromatic rings. The van der Waals surface area contributed by atoms with Crippen molar-refractivity contribution >= 4 is 0 Å². The Kier molecular flexibility index (Phi) is 2.37. The maximum atomic E-state index is 10.3. The van der Waals surface area contributed by atoms with Crippen molar-refractivity contribution in [2.45, 2.75) is 80.9 Å². The van der Waals surface area contributed by atoms with Crippen LogP contribution in [0.2, 0.25) is 0 Å². The van der Waals surface area contributed by atoms with E-state index in [1.807, 2.05) is 0 Å². The largest absolute Gasteiger partial charge is 0.384 e. The molecule has 1 unspecified atom stereocenters. The molecule has 2 saturated heterocycles. The first-order valence-corrected chi connectivity index (χ1v) is 7.02. The molecule has 4 aliphatic rings. The third-order valence-electron chi connectivity index (χ3n) is 4.94. The highest BCUT2D eigenvalue weighted by atomic mass is 16.8. The van der Waals surface area contributed by atoms with Crippen LogP contribution < -0.4 is 0 Å². The van der Waals surface area contributed by atoms with Crippen molar-refractivity contribution < 1.29 is 24.4 Å². The molecule has 2 aliphatic carbocycles. The minimum atomic E-state index is -1.14. The van der Waals surface area contributed by atoms with Crippen molar-refractivity contribution in [1.82, 2.24) is 0 Å². The fourth-order valence-corrected chi connectivity index (χ4v) is 4.01. The second kappa shape index (κ2) is 3.67. The molecule has 0 aromatic heterocycles. The van der Waals surface area contributed by atoms with Gasteiger partial charge in [0.1, 0.15) is 11.7 Å². The van der Waals surface area contributed by atoms with Gasteiger partial charge in [0.05, 0.1) is 12.2 Å². The third kappa shape index (κ3) is 1.51. The van der Waals surface area contributed by atoms with Crippen molar-refractivity contribution in [2.75, 3.05) is 0 Å². The fourth-order valence-electron chi connectivity index (χ4n) is 4.01. The standard InChI is InChI=1S/C13H20O5/c14-11-12(15)6-8(16-11)10-9(7-12)17-13(18-10)4-2-1-3-5-13/h8-11,14-15H,1-7H2/t8-,9-,10+,11?,12-/m1/s1. The second-order valence-electron chi connectivity index (χ2n) is 6.25. The molecule has 2 heterocycles. The number of aliphatic hydroxyl groups excluding tert-OH is 1. The van der Waals surface area contributed by atoms with E-state index in [9.17, 15) is 10.2 Å². The zero-order valence-corrected chi connectivity index (χ0v) is 10.4. The van der Waals surface area contributed by atoms with Gasteiger partial charge < -0.3 is 24.4 Å². The van der Waals surface area contributed by atoms with E-state index in [1.54, 1.807) is 0 Å². The minimum Gasteiger partial charge on any atom is -0.384 e. The van der Waals surface area contributed by atoms with Gasteiger partial charge in [0.2, 0.25) is 0 Å². The Balaban J connectivity index is 1.57. The van der Waals surface area contributed by atoms with Crippen LogP contribution in [0.25, 0.3) is 0 Å². The zero-order chi connectivity index (χ0) is 12.4. The number of ether oxygens (including phenoxy) is 3. The molecule has 5 heteroatoms. The van der Waals surface area contributed by atoms with Gasteiger partial charge in [-0.2, -0.15) is 0 Å². The summed E-state index contributed by atoms with van der Waals surface area (Å²) in [6, 6.07) is 0. The predicted molar refractivity (Wildman–Crippen MR) is 60.6 cm³/mol. The summed E-state index contributed by atoms with van der Waals surface area (Å²) in [4.78, 5) is 0. The summed E-state index contributed by atoms with van der Waals surface area (Å²) in [6.45, 7) is 0. The van der Waals surface area contributed by atoms with Gasteiger partial charge in [-0.05, 0) is 12.8 Å². The summed E-state index contributed by atoms with van der Waals surface area (Å²) in [7, 11) is 0. The Bertz CT molecular complexity index is 353. The maximum Gasteiger partial charge on any atom is 0.184 e. The SMILES string of the molecule is OC1O[C@@H]2C[C@@]1(O)C[C@H]1OC3(CCCCC3)O[C@@H]21. The summed E-state index contributed by atoms with van der Waals surface area (Å²) in [5, 5.41) is 20.0. The molecule has 2 N–H and O–H groups in total. The van der Waals surface area contributed by atoms with E-state index in [4.69, 9.17) is 14.2 Å². The van der Waals surface area contributed by atoms with E-state index in [-0.39, 0.29) is 18.3 Å². The van der Waals surface area contributed by atoms with Crippen LogP contribution in [0.15, 0.2) is 0 Å². The highest BCUT2D eigenvalue weighted by molar-refractivity contribution is 5.07. The van der Waals surface area contributed by atoms with Gasteiger partial charge in [0.25, 0.3) is 0 Å². The van der Waals surface area contributed by atoms with Crippen LogP contribution in [-0.4, -0.2) is 46.2 Å². The summed E-state index contributed by atoms with van der Waals surface area (Å²) >= 11 is 0. The molecular weight excluding hydrogens is 236 g/mol. The molecule has 4 rings (SSSR count). The highest BCUT2D eigenvalue weighted by Crippen LogP contribution is 2.50. The molecule has 1 spiro atoms. The van der Waals surface area contributed by atoms with Crippen LogP contribution in [-0.2, 0) is 14.2 Å². The van der Waals surface area contributed by atoms with E-state index in [1.165, 1.54) is 6.42 Å². The van der Waals surface area contributed by atoms with Gasteiger partial charge >= 0.3 is 0 Å². The van der Waals surface area contributed by atoms with Crippen molar-refractivity contribution in [2.24, 2.45) is 0 Å². The maximum absolute atomic E-state index is 10.3. The zero-order valence-electron chi connectivity index (χ0n) is 10.4. The smallest absolute Gasteiger partial charge is 0.184 e. The molecular formula is C13H20O5. The average molecular weight is 256 g/mol. The van der Waals surface area contributed by atoms with Crippen LogP contribution >= 0.6 is 0 Å². The Morgan fingerprint density at radius 3 is 2.44 bits per heavy atom. The van der Waals surface area contributed by atoms with Crippen LogP contribution in [0.1, 0.15) is 44.9 Å². The molecule has 0 aromatic carbocycles. The Hall–Kier alpha value is -0.200. The third-order valence-corrected chi connectivity index (χ3v) is 4.94. The number of fused-ring (bicyclic) bond motifs is 4. The Morgan fingerprint density at radius 2 is 1.67 bits per heavy atom. The lowest BCUT2D eigenvalue weighted by Crippen LogP contribution is -2.48. The number of hydrogen-bond donors (Lipinski definition) is 2. The number of rotatable bonds is 0. The first-order valence-electron chi connectivity index (χ1n) is 7.02. The van der Waals surface area contributed by atoms with Gasteiger partial charge in [-0.25, -0.2) is 0 Å². The summed E-state index contributed by atoms with van der Waals surface area (Å²) in [5.74, 6) is -0.442. The van der Waals surface area contributed by atoms with Crippen LogP contribution in [0.4, 0.5) is 0 Å². The van der Waals surface area contributed by atoms with Gasteiger partial charge in [-0.3, -0.25) is 0 Å². The van der Waals surface area contributed by atoms with E-state index >= 15 is 0 Å².